The van der Waals surface area contributed by atoms with E-state index in [-0.39, 0.29) is 16.8 Å². The molecule has 1 saturated heterocycles. The fourth-order valence-corrected chi connectivity index (χ4v) is 5.49. The number of nitrogens with zero attached hydrogens (tertiary/aromatic N) is 2. The number of nitrogens with one attached hydrogen (secondary N) is 1. The van der Waals surface area contributed by atoms with Gasteiger partial charge in [-0.15, -0.1) is 0 Å². The molecule has 0 aromatic heterocycles. The Morgan fingerprint density at radius 1 is 1.06 bits per heavy atom. The van der Waals surface area contributed by atoms with Crippen LogP contribution < -0.4 is 5.32 Å². The first-order valence-electron chi connectivity index (χ1n) is 10.6. The van der Waals surface area contributed by atoms with Gasteiger partial charge >= 0.3 is 0 Å². The number of rotatable bonds is 7. The maximum absolute atomic E-state index is 12.9. The second kappa shape index (κ2) is 10.1. The molecule has 0 saturated carbocycles. The van der Waals surface area contributed by atoms with Crippen LogP contribution in [0.25, 0.3) is 0 Å². The zero-order valence-corrected chi connectivity index (χ0v) is 19.8. The van der Waals surface area contributed by atoms with Crippen LogP contribution in [0.15, 0.2) is 53.4 Å². The van der Waals surface area contributed by atoms with Gasteiger partial charge in [-0.3, -0.25) is 9.69 Å². The van der Waals surface area contributed by atoms with Gasteiger partial charge in [-0.2, -0.15) is 4.31 Å². The second-order valence-electron chi connectivity index (χ2n) is 7.96. The molecule has 1 amide bonds. The SMILES string of the molecule is CC[C@@H](C)c1ccccc1NC(=O)[C@@H](C)N1CCN(S(=O)(=O)c2cccc(Cl)c2)CC1. The number of para-hydroxylation sites is 1. The number of carbonyl (C=O) groups excluding carboxylic acids is 1. The Balaban J connectivity index is 1.63. The number of amides is 1. The number of carbonyl (C=O) groups is 1. The predicted molar refractivity (Wildman–Crippen MR) is 125 cm³/mol. The van der Waals surface area contributed by atoms with Crippen LogP contribution in [0.1, 0.15) is 38.7 Å². The summed E-state index contributed by atoms with van der Waals surface area (Å²) in [5.74, 6) is 0.272. The zero-order chi connectivity index (χ0) is 22.6. The molecule has 0 aliphatic carbocycles. The Morgan fingerprint density at radius 2 is 1.74 bits per heavy atom. The maximum atomic E-state index is 12.9. The van der Waals surface area contributed by atoms with Crippen LogP contribution in [0.5, 0.6) is 0 Å². The summed E-state index contributed by atoms with van der Waals surface area (Å²) in [7, 11) is -3.60. The molecule has 2 aromatic carbocycles. The molecule has 1 aliphatic heterocycles. The van der Waals surface area contributed by atoms with Gasteiger partial charge in [-0.25, -0.2) is 8.42 Å². The molecule has 1 heterocycles. The van der Waals surface area contributed by atoms with Crippen molar-refractivity contribution in [2.24, 2.45) is 0 Å². The van der Waals surface area contributed by atoms with E-state index in [1.807, 2.05) is 36.1 Å². The molecule has 168 valence electrons. The summed E-state index contributed by atoms with van der Waals surface area (Å²) in [6.07, 6.45) is 0.992. The minimum atomic E-state index is -3.60. The van der Waals surface area contributed by atoms with Crippen LogP contribution in [0.2, 0.25) is 5.02 Å². The quantitative estimate of drug-likeness (QED) is 0.668. The lowest BCUT2D eigenvalue weighted by atomic mass is 9.97. The lowest BCUT2D eigenvalue weighted by Gasteiger charge is -2.36. The van der Waals surface area contributed by atoms with Gasteiger partial charge in [0.15, 0.2) is 0 Å². The summed E-state index contributed by atoms with van der Waals surface area (Å²) >= 11 is 5.96. The van der Waals surface area contributed by atoms with Gasteiger partial charge in [0.1, 0.15) is 0 Å². The first-order valence-corrected chi connectivity index (χ1v) is 12.5. The Labute approximate surface area is 190 Å². The normalized spacial score (nSPS) is 17.8. The van der Waals surface area contributed by atoms with Gasteiger partial charge in [0.05, 0.1) is 10.9 Å². The van der Waals surface area contributed by atoms with Crippen LogP contribution in [-0.2, 0) is 14.8 Å². The minimum Gasteiger partial charge on any atom is -0.324 e. The van der Waals surface area contributed by atoms with Crippen LogP contribution in [0.4, 0.5) is 5.69 Å². The fourth-order valence-electron chi connectivity index (χ4n) is 3.77. The Kier molecular flexibility index (Phi) is 7.75. The van der Waals surface area contributed by atoms with Gasteiger partial charge in [0.2, 0.25) is 15.9 Å². The van der Waals surface area contributed by atoms with Crippen molar-refractivity contribution < 1.29 is 13.2 Å². The molecular formula is C23H30ClN3O3S. The van der Waals surface area contributed by atoms with E-state index in [9.17, 15) is 13.2 Å². The summed E-state index contributed by atoms with van der Waals surface area (Å²) in [6, 6.07) is 13.8. The first kappa shape index (κ1) is 23.7. The van der Waals surface area contributed by atoms with Gasteiger partial charge in [-0.1, -0.05) is 49.7 Å². The van der Waals surface area contributed by atoms with Crippen LogP contribution in [0, 0.1) is 0 Å². The lowest BCUT2D eigenvalue weighted by molar-refractivity contribution is -0.121. The van der Waals surface area contributed by atoms with Crippen molar-refractivity contribution in [1.29, 1.82) is 0 Å². The van der Waals surface area contributed by atoms with E-state index in [0.29, 0.717) is 37.1 Å². The number of sulfonamides is 1. The molecule has 1 aliphatic rings. The van der Waals surface area contributed by atoms with E-state index in [2.05, 4.69) is 19.2 Å². The highest BCUT2D eigenvalue weighted by Gasteiger charge is 2.32. The third-order valence-electron chi connectivity index (χ3n) is 6.00. The molecule has 2 atom stereocenters. The number of benzene rings is 2. The highest BCUT2D eigenvalue weighted by Crippen LogP contribution is 2.27. The molecule has 8 heteroatoms. The summed E-state index contributed by atoms with van der Waals surface area (Å²) in [6.45, 7) is 7.77. The Hall–Kier alpha value is -1.93. The average molecular weight is 464 g/mol. The Bertz CT molecular complexity index is 1020. The van der Waals surface area contributed by atoms with E-state index in [1.54, 1.807) is 18.2 Å². The molecule has 0 spiro atoms. The van der Waals surface area contributed by atoms with Crippen molar-refractivity contribution in [3.05, 3.63) is 59.1 Å². The van der Waals surface area contributed by atoms with Crippen molar-refractivity contribution >= 4 is 33.2 Å². The van der Waals surface area contributed by atoms with Crippen molar-refractivity contribution in [2.45, 2.75) is 44.0 Å². The number of hydrogen-bond acceptors (Lipinski definition) is 4. The second-order valence-corrected chi connectivity index (χ2v) is 10.3. The van der Waals surface area contributed by atoms with Crippen molar-refractivity contribution in [1.82, 2.24) is 9.21 Å². The van der Waals surface area contributed by atoms with Crippen molar-refractivity contribution in [3.8, 4) is 0 Å². The Morgan fingerprint density at radius 3 is 2.39 bits per heavy atom. The third kappa shape index (κ3) is 5.47. The zero-order valence-electron chi connectivity index (χ0n) is 18.2. The number of piperazine rings is 1. The van der Waals surface area contributed by atoms with Crippen LogP contribution >= 0.6 is 11.6 Å². The molecule has 31 heavy (non-hydrogen) atoms. The number of hydrogen-bond donors (Lipinski definition) is 1. The highest BCUT2D eigenvalue weighted by molar-refractivity contribution is 7.89. The van der Waals surface area contributed by atoms with Crippen molar-refractivity contribution in [3.63, 3.8) is 0 Å². The smallest absolute Gasteiger partial charge is 0.243 e. The third-order valence-corrected chi connectivity index (χ3v) is 8.13. The fraction of sp³-hybridized carbons (Fsp3) is 0.435. The monoisotopic (exact) mass is 463 g/mol. The summed E-state index contributed by atoms with van der Waals surface area (Å²) in [5, 5.41) is 3.46. The van der Waals surface area contributed by atoms with E-state index >= 15 is 0 Å². The average Bonchev–Trinajstić information content (AvgIpc) is 2.78. The molecule has 2 aromatic rings. The number of anilines is 1. The molecule has 1 N–H and O–H groups in total. The van der Waals surface area contributed by atoms with Crippen LogP contribution in [-0.4, -0.2) is 55.8 Å². The molecular weight excluding hydrogens is 434 g/mol. The molecule has 1 fully saturated rings. The predicted octanol–water partition coefficient (Wildman–Crippen LogP) is 4.19. The summed E-state index contributed by atoms with van der Waals surface area (Å²) in [4.78, 5) is 15.1. The maximum Gasteiger partial charge on any atom is 0.243 e. The van der Waals surface area contributed by atoms with E-state index in [4.69, 9.17) is 11.6 Å². The largest absolute Gasteiger partial charge is 0.324 e. The molecule has 6 nitrogen and oxygen atoms in total. The van der Waals surface area contributed by atoms with Crippen LogP contribution in [0.3, 0.4) is 0 Å². The van der Waals surface area contributed by atoms with E-state index in [0.717, 1.165) is 17.7 Å². The molecule has 0 unspecified atom stereocenters. The highest BCUT2D eigenvalue weighted by atomic mass is 35.5. The standard InChI is InChI=1S/C23H30ClN3O3S/c1-4-17(2)21-10-5-6-11-22(21)25-23(28)18(3)26-12-14-27(15-13-26)31(29,30)20-9-7-8-19(24)16-20/h5-11,16-18H,4,12-15H2,1-3H3,(H,25,28)/t17-,18-/m1/s1. The molecule has 3 rings (SSSR count). The lowest BCUT2D eigenvalue weighted by Crippen LogP contribution is -2.53. The topological polar surface area (TPSA) is 69.7 Å². The first-order chi connectivity index (χ1) is 14.7. The molecule has 0 bridgehead atoms. The molecule has 0 radical (unpaired) electrons. The van der Waals surface area contributed by atoms with Gasteiger partial charge < -0.3 is 5.32 Å². The minimum absolute atomic E-state index is 0.0816. The van der Waals surface area contributed by atoms with E-state index in [1.165, 1.54) is 10.4 Å². The summed E-state index contributed by atoms with van der Waals surface area (Å²) in [5.41, 5.74) is 1.97. The van der Waals surface area contributed by atoms with Gasteiger partial charge in [0.25, 0.3) is 0 Å². The van der Waals surface area contributed by atoms with Gasteiger partial charge in [-0.05, 0) is 49.1 Å². The van der Waals surface area contributed by atoms with E-state index < -0.39 is 10.0 Å². The number of halogens is 1. The summed E-state index contributed by atoms with van der Waals surface area (Å²) < 4.78 is 27.2. The van der Waals surface area contributed by atoms with Gasteiger partial charge in [0, 0.05) is 36.9 Å². The van der Waals surface area contributed by atoms with Crippen molar-refractivity contribution in [2.75, 3.05) is 31.5 Å².